The molecule has 21 heavy (non-hydrogen) atoms. The van der Waals surface area contributed by atoms with Gasteiger partial charge in [-0.1, -0.05) is 6.07 Å². The molecule has 0 saturated carbocycles. The number of hydrogen-bond acceptors (Lipinski definition) is 5. The molecule has 0 aliphatic heterocycles. The first-order valence-electron chi connectivity index (χ1n) is 6.59. The van der Waals surface area contributed by atoms with Crippen LogP contribution in [0.3, 0.4) is 0 Å². The minimum Gasteiger partial charge on any atom is -0.379 e. The third kappa shape index (κ3) is 5.81. The van der Waals surface area contributed by atoms with E-state index >= 15 is 0 Å². The lowest BCUT2D eigenvalue weighted by Crippen LogP contribution is -2.29. The van der Waals surface area contributed by atoms with Crippen molar-refractivity contribution in [3.05, 3.63) is 29.3 Å². The topological polar surface area (TPSA) is 82.4 Å². The van der Waals surface area contributed by atoms with E-state index in [2.05, 4.69) is 4.72 Å². The first-order valence-corrected chi connectivity index (χ1v) is 8.08. The number of ether oxygens (including phenoxy) is 1. The second-order valence-corrected chi connectivity index (χ2v) is 6.64. The highest BCUT2D eigenvalue weighted by Crippen LogP contribution is 2.16. The molecular weight excluding hydrogens is 290 g/mol. The number of nitrogens with one attached hydrogen (secondary N) is 1. The number of nitrogens with zero attached hydrogens (tertiary/aromatic N) is 2. The molecule has 0 unspecified atom stereocenters. The molecule has 7 heteroatoms. The van der Waals surface area contributed by atoms with Crippen molar-refractivity contribution in [3.63, 3.8) is 0 Å². The quantitative estimate of drug-likeness (QED) is 0.716. The average Bonchev–Trinajstić information content (AvgIpc) is 2.42. The van der Waals surface area contributed by atoms with E-state index in [0.29, 0.717) is 24.3 Å². The molecule has 6 nitrogen and oxygen atoms in total. The molecule has 0 bridgehead atoms. The van der Waals surface area contributed by atoms with Crippen LogP contribution < -0.4 is 4.72 Å². The van der Waals surface area contributed by atoms with Gasteiger partial charge in [-0.15, -0.1) is 0 Å². The van der Waals surface area contributed by atoms with Gasteiger partial charge in [0.15, 0.2) is 0 Å². The SMILES string of the molecule is Cc1ccc(C#N)cc1S(=O)(=O)NCCOCCN(C)C. The molecule has 0 aliphatic carbocycles. The second kappa shape index (κ2) is 8.10. The van der Waals surface area contributed by atoms with Crippen LogP contribution in [-0.4, -0.2) is 53.7 Å². The summed E-state index contributed by atoms with van der Waals surface area (Å²) in [5.74, 6) is 0. The Balaban J connectivity index is 2.56. The minimum atomic E-state index is -3.62. The summed E-state index contributed by atoms with van der Waals surface area (Å²) >= 11 is 0. The molecule has 1 aromatic carbocycles. The van der Waals surface area contributed by atoms with Crippen molar-refractivity contribution in [1.82, 2.24) is 9.62 Å². The van der Waals surface area contributed by atoms with E-state index in [4.69, 9.17) is 10.00 Å². The van der Waals surface area contributed by atoms with Crippen LogP contribution in [0, 0.1) is 18.3 Å². The van der Waals surface area contributed by atoms with E-state index in [9.17, 15) is 8.42 Å². The fourth-order valence-electron chi connectivity index (χ4n) is 1.63. The average molecular weight is 311 g/mol. The summed E-state index contributed by atoms with van der Waals surface area (Å²) in [6, 6.07) is 6.54. The molecule has 1 N–H and O–H groups in total. The largest absolute Gasteiger partial charge is 0.379 e. The maximum Gasteiger partial charge on any atom is 0.240 e. The summed E-state index contributed by atoms with van der Waals surface area (Å²) in [6.07, 6.45) is 0. The molecule has 1 rings (SSSR count). The molecule has 116 valence electrons. The third-order valence-electron chi connectivity index (χ3n) is 2.83. The first kappa shape index (κ1) is 17.6. The van der Waals surface area contributed by atoms with Crippen LogP contribution in [0.2, 0.25) is 0 Å². The molecular formula is C14H21N3O3S. The molecule has 0 radical (unpaired) electrons. The Bertz CT molecular complexity index is 606. The zero-order valence-corrected chi connectivity index (χ0v) is 13.4. The third-order valence-corrected chi connectivity index (χ3v) is 4.43. The zero-order chi connectivity index (χ0) is 15.9. The van der Waals surface area contributed by atoms with Gasteiger partial charge in [0, 0.05) is 13.1 Å². The lowest BCUT2D eigenvalue weighted by atomic mass is 10.2. The smallest absolute Gasteiger partial charge is 0.240 e. The van der Waals surface area contributed by atoms with Crippen LogP contribution in [0.4, 0.5) is 0 Å². The first-order chi connectivity index (χ1) is 9.86. The maximum absolute atomic E-state index is 12.2. The maximum atomic E-state index is 12.2. The van der Waals surface area contributed by atoms with Crippen molar-refractivity contribution in [3.8, 4) is 6.07 Å². The Morgan fingerprint density at radius 3 is 2.67 bits per heavy atom. The van der Waals surface area contributed by atoms with Gasteiger partial charge >= 0.3 is 0 Å². The molecule has 0 aromatic heterocycles. The van der Waals surface area contributed by atoms with Crippen LogP contribution in [0.15, 0.2) is 23.1 Å². The Hall–Kier alpha value is -1.46. The van der Waals surface area contributed by atoms with E-state index in [1.807, 2.05) is 25.1 Å². The fraction of sp³-hybridized carbons (Fsp3) is 0.500. The van der Waals surface area contributed by atoms with Crippen molar-refractivity contribution in [2.45, 2.75) is 11.8 Å². The van der Waals surface area contributed by atoms with Gasteiger partial charge < -0.3 is 9.64 Å². The fourth-order valence-corrected chi connectivity index (χ4v) is 2.92. The van der Waals surface area contributed by atoms with Gasteiger partial charge in [-0.2, -0.15) is 5.26 Å². The molecule has 0 heterocycles. The van der Waals surface area contributed by atoms with Crippen LogP contribution in [0.1, 0.15) is 11.1 Å². The number of sulfonamides is 1. The highest BCUT2D eigenvalue weighted by molar-refractivity contribution is 7.89. The van der Waals surface area contributed by atoms with Gasteiger partial charge in [0.2, 0.25) is 10.0 Å². The monoisotopic (exact) mass is 311 g/mol. The Morgan fingerprint density at radius 2 is 2.05 bits per heavy atom. The lowest BCUT2D eigenvalue weighted by molar-refractivity contribution is 0.122. The summed E-state index contributed by atoms with van der Waals surface area (Å²) < 4.78 is 32.2. The molecule has 0 fully saturated rings. The van der Waals surface area contributed by atoms with E-state index in [0.717, 1.165) is 6.54 Å². The van der Waals surface area contributed by atoms with E-state index in [-0.39, 0.29) is 11.4 Å². The van der Waals surface area contributed by atoms with Crippen molar-refractivity contribution < 1.29 is 13.2 Å². The van der Waals surface area contributed by atoms with Crippen LogP contribution in [0.25, 0.3) is 0 Å². The van der Waals surface area contributed by atoms with Crippen LogP contribution >= 0.6 is 0 Å². The molecule has 1 aromatic rings. The van der Waals surface area contributed by atoms with Crippen molar-refractivity contribution >= 4 is 10.0 Å². The molecule has 0 saturated heterocycles. The van der Waals surface area contributed by atoms with Gasteiger partial charge in [-0.25, -0.2) is 13.1 Å². The number of hydrogen-bond donors (Lipinski definition) is 1. The molecule has 0 aliphatic rings. The summed E-state index contributed by atoms with van der Waals surface area (Å²) in [5, 5.41) is 8.85. The van der Waals surface area contributed by atoms with E-state index in [1.54, 1.807) is 19.1 Å². The van der Waals surface area contributed by atoms with Gasteiger partial charge in [-0.05, 0) is 38.7 Å². The summed E-state index contributed by atoms with van der Waals surface area (Å²) in [5.41, 5.74) is 0.929. The van der Waals surface area contributed by atoms with Gasteiger partial charge in [0.1, 0.15) is 0 Å². The van der Waals surface area contributed by atoms with Crippen molar-refractivity contribution in [2.75, 3.05) is 40.4 Å². The summed E-state index contributed by atoms with van der Waals surface area (Å²) in [4.78, 5) is 2.12. The number of benzene rings is 1. The second-order valence-electron chi connectivity index (χ2n) is 4.91. The predicted octanol–water partition coefficient (Wildman–Crippen LogP) is 0.723. The van der Waals surface area contributed by atoms with Crippen LogP contribution in [-0.2, 0) is 14.8 Å². The number of rotatable bonds is 8. The van der Waals surface area contributed by atoms with Gasteiger partial charge in [0.05, 0.1) is 29.7 Å². The summed E-state index contributed by atoms with van der Waals surface area (Å²) in [7, 11) is 0.264. The van der Waals surface area contributed by atoms with Crippen LogP contribution in [0.5, 0.6) is 0 Å². The molecule has 0 spiro atoms. The number of nitriles is 1. The van der Waals surface area contributed by atoms with Gasteiger partial charge in [-0.3, -0.25) is 0 Å². The standard InChI is InChI=1S/C14H21N3O3S/c1-12-4-5-13(11-15)10-14(12)21(18,19)16-6-8-20-9-7-17(2)3/h4-5,10,16H,6-9H2,1-3H3. The molecule has 0 amide bonds. The lowest BCUT2D eigenvalue weighted by Gasteiger charge is -2.11. The summed E-state index contributed by atoms with van der Waals surface area (Å²) in [6.45, 7) is 3.55. The van der Waals surface area contributed by atoms with Crippen molar-refractivity contribution in [1.29, 1.82) is 5.26 Å². The van der Waals surface area contributed by atoms with Gasteiger partial charge in [0.25, 0.3) is 0 Å². The highest BCUT2D eigenvalue weighted by atomic mass is 32.2. The number of likely N-dealkylation sites (N-methyl/N-ethyl adjacent to an activating group) is 1. The number of aryl methyl sites for hydroxylation is 1. The Kier molecular flexibility index (Phi) is 6.78. The Labute approximate surface area is 126 Å². The van der Waals surface area contributed by atoms with E-state index in [1.165, 1.54) is 6.07 Å². The Morgan fingerprint density at radius 1 is 1.33 bits per heavy atom. The predicted molar refractivity (Wildman–Crippen MR) is 80.5 cm³/mol. The normalized spacial score (nSPS) is 11.6. The zero-order valence-electron chi connectivity index (χ0n) is 12.6. The highest BCUT2D eigenvalue weighted by Gasteiger charge is 2.16. The molecule has 0 atom stereocenters. The van der Waals surface area contributed by atoms with Crippen molar-refractivity contribution in [2.24, 2.45) is 0 Å². The van der Waals surface area contributed by atoms with E-state index < -0.39 is 10.0 Å². The minimum absolute atomic E-state index is 0.134.